The molecule has 0 spiro atoms. The van der Waals surface area contributed by atoms with Gasteiger partial charge in [-0.2, -0.15) is 0 Å². The van der Waals surface area contributed by atoms with Gasteiger partial charge in [0.15, 0.2) is 0 Å². The lowest BCUT2D eigenvalue weighted by Gasteiger charge is -2.35. The van der Waals surface area contributed by atoms with Crippen LogP contribution in [-0.2, 0) is 19.6 Å². The molecule has 2 aromatic carbocycles. The molecule has 0 aromatic heterocycles. The Morgan fingerprint density at radius 2 is 2.07 bits per heavy atom. The fourth-order valence-corrected chi connectivity index (χ4v) is 4.90. The first-order valence-electron chi connectivity index (χ1n) is 8.43. The first-order valence-corrected chi connectivity index (χ1v) is 10.7. The molecule has 1 atom stereocenters. The molecule has 27 heavy (non-hydrogen) atoms. The SMILES string of the molecule is COC(=O)CC[C@H]1CN(S(=O)(=O)c2cccc(C)c2)c2cc(Br)ccc2O1. The zero-order valence-electron chi connectivity index (χ0n) is 15.0. The molecule has 2 aromatic rings. The summed E-state index contributed by atoms with van der Waals surface area (Å²) in [7, 11) is -2.45. The summed E-state index contributed by atoms with van der Waals surface area (Å²) in [5, 5.41) is 0. The Morgan fingerprint density at radius 1 is 1.30 bits per heavy atom. The van der Waals surface area contributed by atoms with Crippen LogP contribution in [0.2, 0.25) is 0 Å². The van der Waals surface area contributed by atoms with E-state index in [2.05, 4.69) is 20.7 Å². The quantitative estimate of drug-likeness (QED) is 0.645. The molecule has 0 N–H and O–H groups in total. The molecule has 0 fully saturated rings. The second kappa shape index (κ2) is 7.90. The number of carbonyl (C=O) groups excluding carboxylic acids is 1. The van der Waals surface area contributed by atoms with E-state index < -0.39 is 16.1 Å². The second-order valence-corrected chi connectivity index (χ2v) is 9.10. The minimum atomic E-state index is -3.78. The zero-order valence-corrected chi connectivity index (χ0v) is 17.4. The highest BCUT2D eigenvalue weighted by molar-refractivity contribution is 9.10. The maximum atomic E-state index is 13.3. The van der Waals surface area contributed by atoms with Gasteiger partial charge in [0.05, 0.1) is 24.2 Å². The number of methoxy groups -OCH3 is 1. The smallest absolute Gasteiger partial charge is 0.305 e. The zero-order chi connectivity index (χ0) is 19.6. The van der Waals surface area contributed by atoms with Gasteiger partial charge in [-0.15, -0.1) is 0 Å². The average Bonchev–Trinajstić information content (AvgIpc) is 2.65. The van der Waals surface area contributed by atoms with Gasteiger partial charge in [0, 0.05) is 10.9 Å². The summed E-state index contributed by atoms with van der Waals surface area (Å²) in [6.45, 7) is 1.97. The molecule has 1 aliphatic rings. The molecule has 1 aliphatic heterocycles. The summed E-state index contributed by atoms with van der Waals surface area (Å²) in [4.78, 5) is 11.7. The van der Waals surface area contributed by atoms with Gasteiger partial charge in [-0.05, 0) is 49.2 Å². The Kier molecular flexibility index (Phi) is 5.76. The van der Waals surface area contributed by atoms with E-state index in [0.29, 0.717) is 17.9 Å². The van der Waals surface area contributed by atoms with Crippen molar-refractivity contribution in [1.82, 2.24) is 0 Å². The number of benzene rings is 2. The maximum absolute atomic E-state index is 13.3. The fourth-order valence-electron chi connectivity index (χ4n) is 2.95. The average molecular weight is 454 g/mol. The van der Waals surface area contributed by atoms with Gasteiger partial charge in [0.2, 0.25) is 0 Å². The van der Waals surface area contributed by atoms with Gasteiger partial charge in [0.1, 0.15) is 11.9 Å². The van der Waals surface area contributed by atoms with Crippen LogP contribution >= 0.6 is 15.9 Å². The van der Waals surface area contributed by atoms with Crippen LogP contribution in [0.4, 0.5) is 5.69 Å². The van der Waals surface area contributed by atoms with Crippen molar-refractivity contribution in [3.8, 4) is 5.75 Å². The highest BCUT2D eigenvalue weighted by Gasteiger charge is 2.34. The summed E-state index contributed by atoms with van der Waals surface area (Å²) in [5.74, 6) is 0.115. The lowest BCUT2D eigenvalue weighted by molar-refractivity contribution is -0.141. The number of hydrogen-bond acceptors (Lipinski definition) is 5. The van der Waals surface area contributed by atoms with Gasteiger partial charge in [-0.3, -0.25) is 9.10 Å². The fraction of sp³-hybridized carbons (Fsp3) is 0.316. The Labute approximate surface area is 167 Å². The summed E-state index contributed by atoms with van der Waals surface area (Å²) in [6.07, 6.45) is 0.0743. The van der Waals surface area contributed by atoms with E-state index in [1.807, 2.05) is 13.0 Å². The van der Waals surface area contributed by atoms with Crippen LogP contribution in [-0.4, -0.2) is 34.1 Å². The minimum Gasteiger partial charge on any atom is -0.486 e. The number of hydrogen-bond donors (Lipinski definition) is 0. The minimum absolute atomic E-state index is 0.122. The highest BCUT2D eigenvalue weighted by atomic mass is 79.9. The molecule has 0 bridgehead atoms. The third kappa shape index (κ3) is 4.27. The van der Waals surface area contributed by atoms with Crippen molar-refractivity contribution in [2.45, 2.75) is 30.8 Å². The molecule has 0 aliphatic carbocycles. The maximum Gasteiger partial charge on any atom is 0.305 e. The monoisotopic (exact) mass is 453 g/mol. The number of ether oxygens (including phenoxy) is 2. The third-order valence-corrected chi connectivity index (χ3v) is 6.60. The Bertz CT molecular complexity index is 960. The van der Waals surface area contributed by atoms with E-state index in [9.17, 15) is 13.2 Å². The van der Waals surface area contributed by atoms with Crippen molar-refractivity contribution < 1.29 is 22.7 Å². The lowest BCUT2D eigenvalue weighted by atomic mass is 10.1. The molecule has 144 valence electrons. The second-order valence-electron chi connectivity index (χ2n) is 6.32. The summed E-state index contributed by atoms with van der Waals surface area (Å²) >= 11 is 3.39. The van der Waals surface area contributed by atoms with Gasteiger partial charge < -0.3 is 9.47 Å². The van der Waals surface area contributed by atoms with Crippen LogP contribution in [0.5, 0.6) is 5.75 Å². The molecule has 1 heterocycles. The molecule has 0 saturated carbocycles. The third-order valence-electron chi connectivity index (χ3n) is 4.33. The highest BCUT2D eigenvalue weighted by Crippen LogP contribution is 2.39. The summed E-state index contributed by atoms with van der Waals surface area (Å²) in [6, 6.07) is 12.0. The van der Waals surface area contributed by atoms with Gasteiger partial charge >= 0.3 is 5.97 Å². The number of fused-ring (bicyclic) bond motifs is 1. The van der Waals surface area contributed by atoms with E-state index in [0.717, 1.165) is 10.0 Å². The Hall–Kier alpha value is -2.06. The predicted octanol–water partition coefficient (Wildman–Crippen LogP) is 3.67. The molecule has 8 heteroatoms. The first-order chi connectivity index (χ1) is 12.8. The molecule has 0 unspecified atom stereocenters. The van der Waals surface area contributed by atoms with Gasteiger partial charge in [0.25, 0.3) is 10.0 Å². The Morgan fingerprint density at radius 3 is 2.78 bits per heavy atom. The largest absolute Gasteiger partial charge is 0.486 e. The summed E-state index contributed by atoms with van der Waals surface area (Å²) < 4.78 is 39.3. The number of rotatable bonds is 5. The first kappa shape index (κ1) is 19.7. The van der Waals surface area contributed by atoms with Crippen molar-refractivity contribution in [1.29, 1.82) is 0 Å². The van der Waals surface area contributed by atoms with Crippen molar-refractivity contribution in [2.24, 2.45) is 0 Å². The van der Waals surface area contributed by atoms with Crippen LogP contribution in [0.15, 0.2) is 51.8 Å². The van der Waals surface area contributed by atoms with Gasteiger partial charge in [-0.1, -0.05) is 28.1 Å². The number of carbonyl (C=O) groups is 1. The lowest BCUT2D eigenvalue weighted by Crippen LogP contribution is -2.43. The molecule has 6 nitrogen and oxygen atoms in total. The molecule has 0 radical (unpaired) electrons. The van der Waals surface area contributed by atoms with E-state index in [4.69, 9.17) is 4.74 Å². The van der Waals surface area contributed by atoms with E-state index in [-0.39, 0.29) is 23.8 Å². The number of nitrogens with zero attached hydrogens (tertiary/aromatic N) is 1. The van der Waals surface area contributed by atoms with E-state index in [1.165, 1.54) is 11.4 Å². The topological polar surface area (TPSA) is 72.9 Å². The number of halogens is 1. The van der Waals surface area contributed by atoms with Crippen molar-refractivity contribution in [3.63, 3.8) is 0 Å². The van der Waals surface area contributed by atoms with Gasteiger partial charge in [-0.25, -0.2) is 8.42 Å². The number of esters is 1. The number of sulfonamides is 1. The molecular formula is C19H20BrNO5S. The molecule has 0 saturated heterocycles. The van der Waals surface area contributed by atoms with E-state index >= 15 is 0 Å². The predicted molar refractivity (Wildman–Crippen MR) is 106 cm³/mol. The molecular weight excluding hydrogens is 434 g/mol. The van der Waals surface area contributed by atoms with Crippen molar-refractivity contribution >= 4 is 37.6 Å². The van der Waals surface area contributed by atoms with Crippen molar-refractivity contribution in [3.05, 3.63) is 52.5 Å². The Balaban J connectivity index is 1.99. The van der Waals surface area contributed by atoms with Crippen LogP contribution in [0.3, 0.4) is 0 Å². The number of aryl methyl sites for hydroxylation is 1. The molecule has 3 rings (SSSR count). The van der Waals surface area contributed by atoms with Crippen molar-refractivity contribution in [2.75, 3.05) is 18.0 Å². The molecule has 0 amide bonds. The number of anilines is 1. The standard InChI is InChI=1S/C19H20BrNO5S/c1-13-4-3-5-16(10-13)27(23,24)21-12-15(7-9-19(22)25-2)26-18-8-6-14(20)11-17(18)21/h3-6,8,10-11,15H,7,9,12H2,1-2H3/t15-/m0/s1. The normalized spacial score (nSPS) is 16.4. The van der Waals surface area contributed by atoms with Crippen LogP contribution in [0.1, 0.15) is 18.4 Å². The van der Waals surface area contributed by atoms with Crippen LogP contribution < -0.4 is 9.04 Å². The van der Waals surface area contributed by atoms with E-state index in [1.54, 1.807) is 36.4 Å². The summed E-state index contributed by atoms with van der Waals surface area (Å²) in [5.41, 5.74) is 1.33. The van der Waals surface area contributed by atoms with Crippen LogP contribution in [0.25, 0.3) is 0 Å². The van der Waals surface area contributed by atoms with Crippen LogP contribution in [0, 0.1) is 6.92 Å².